The van der Waals surface area contributed by atoms with Gasteiger partial charge in [-0.05, 0) is 55.0 Å². The fourth-order valence-corrected chi connectivity index (χ4v) is 6.49. The van der Waals surface area contributed by atoms with Gasteiger partial charge in [-0.1, -0.05) is 24.3 Å². The van der Waals surface area contributed by atoms with Crippen LogP contribution in [0.5, 0.6) is 5.75 Å². The van der Waals surface area contributed by atoms with Crippen molar-refractivity contribution in [1.29, 1.82) is 0 Å². The van der Waals surface area contributed by atoms with Crippen LogP contribution in [0.4, 0.5) is 0 Å². The second-order valence-corrected chi connectivity index (χ2v) is 10.7. The van der Waals surface area contributed by atoms with Gasteiger partial charge in [0, 0.05) is 24.5 Å². The molecule has 0 radical (unpaired) electrons. The van der Waals surface area contributed by atoms with E-state index >= 15 is 0 Å². The number of amides is 1. The predicted octanol–water partition coefficient (Wildman–Crippen LogP) is 3.75. The van der Waals surface area contributed by atoms with Gasteiger partial charge in [-0.15, -0.1) is 11.3 Å². The molecule has 1 amide bonds. The van der Waals surface area contributed by atoms with Crippen molar-refractivity contribution in [3.8, 4) is 5.75 Å². The van der Waals surface area contributed by atoms with Crippen molar-refractivity contribution in [3.63, 3.8) is 0 Å². The lowest BCUT2D eigenvalue weighted by molar-refractivity contribution is -0.124. The van der Waals surface area contributed by atoms with Gasteiger partial charge in [0.05, 0.1) is 6.04 Å². The van der Waals surface area contributed by atoms with Gasteiger partial charge in [-0.25, -0.2) is 8.42 Å². The van der Waals surface area contributed by atoms with Crippen LogP contribution in [0.3, 0.4) is 0 Å². The van der Waals surface area contributed by atoms with Crippen LogP contribution >= 0.6 is 11.3 Å². The summed E-state index contributed by atoms with van der Waals surface area (Å²) < 4.78 is 33.2. The molecule has 2 unspecified atom stereocenters. The Morgan fingerprint density at radius 1 is 1.25 bits per heavy atom. The molecule has 1 fully saturated rings. The molecule has 4 rings (SSSR count). The van der Waals surface area contributed by atoms with Gasteiger partial charge >= 0.3 is 0 Å². The number of pyridine rings is 1. The van der Waals surface area contributed by atoms with Crippen molar-refractivity contribution in [2.45, 2.75) is 42.7 Å². The molecule has 1 N–H and O–H groups in total. The SMILES string of the molecule is CC(NC(=O)C1CCCN1S(=O)(=O)c1cccs1)c1ccc(OCc2cccnc2)cc1. The largest absolute Gasteiger partial charge is 0.489 e. The average molecular weight is 472 g/mol. The summed E-state index contributed by atoms with van der Waals surface area (Å²) in [7, 11) is -3.65. The van der Waals surface area contributed by atoms with Crippen LogP contribution in [0.1, 0.15) is 36.9 Å². The van der Waals surface area contributed by atoms with Gasteiger partial charge in [-0.2, -0.15) is 4.31 Å². The van der Waals surface area contributed by atoms with Gasteiger partial charge in [0.25, 0.3) is 10.0 Å². The lowest BCUT2D eigenvalue weighted by Gasteiger charge is -2.24. The van der Waals surface area contributed by atoms with Crippen LogP contribution < -0.4 is 10.1 Å². The summed E-state index contributed by atoms with van der Waals surface area (Å²) in [5.74, 6) is 0.451. The predicted molar refractivity (Wildman–Crippen MR) is 123 cm³/mol. The van der Waals surface area contributed by atoms with E-state index in [2.05, 4.69) is 10.3 Å². The standard InChI is InChI=1S/C23H25N3O4S2/c1-17(19-8-10-20(11-9-19)30-16-18-5-2-12-24-15-18)25-23(27)21-6-3-13-26(21)32(28,29)22-7-4-14-31-22/h2,4-5,7-12,14-15,17,21H,3,6,13,16H2,1H3,(H,25,27). The molecule has 1 saturated heterocycles. The zero-order valence-electron chi connectivity index (χ0n) is 17.7. The van der Waals surface area contributed by atoms with Gasteiger partial charge in [0.1, 0.15) is 22.6 Å². The number of nitrogens with zero attached hydrogens (tertiary/aromatic N) is 2. The van der Waals surface area contributed by atoms with Gasteiger partial charge < -0.3 is 10.1 Å². The molecule has 9 heteroatoms. The van der Waals surface area contributed by atoms with Crippen LogP contribution in [0.15, 0.2) is 70.5 Å². The van der Waals surface area contributed by atoms with E-state index in [9.17, 15) is 13.2 Å². The number of sulfonamides is 1. The first kappa shape index (κ1) is 22.4. The Morgan fingerprint density at radius 3 is 2.75 bits per heavy atom. The van der Waals surface area contributed by atoms with Crippen molar-refractivity contribution in [3.05, 3.63) is 77.4 Å². The molecule has 1 aliphatic heterocycles. The van der Waals surface area contributed by atoms with Crippen LogP contribution in [-0.4, -0.2) is 36.2 Å². The number of carbonyl (C=O) groups excluding carboxylic acids is 1. The first-order valence-electron chi connectivity index (χ1n) is 10.4. The van der Waals surface area contributed by atoms with E-state index in [1.807, 2.05) is 43.3 Å². The Hall–Kier alpha value is -2.75. The summed E-state index contributed by atoms with van der Waals surface area (Å²) in [6, 6.07) is 13.7. The minimum Gasteiger partial charge on any atom is -0.489 e. The summed E-state index contributed by atoms with van der Waals surface area (Å²) in [4.78, 5) is 17.0. The van der Waals surface area contributed by atoms with Gasteiger partial charge in [0.2, 0.25) is 5.91 Å². The maximum Gasteiger partial charge on any atom is 0.253 e. The molecule has 0 bridgehead atoms. The minimum absolute atomic E-state index is 0.262. The number of thiophene rings is 1. The Kier molecular flexibility index (Phi) is 6.88. The molecule has 1 aromatic carbocycles. The number of rotatable bonds is 8. The third-order valence-corrected chi connectivity index (χ3v) is 8.71. The fraction of sp³-hybridized carbons (Fsp3) is 0.304. The van der Waals surface area contributed by atoms with Gasteiger partial charge in [-0.3, -0.25) is 9.78 Å². The number of nitrogens with one attached hydrogen (secondary N) is 1. The van der Waals surface area contributed by atoms with Crippen LogP contribution in [0, 0.1) is 0 Å². The highest BCUT2D eigenvalue weighted by atomic mass is 32.2. The second-order valence-electron chi connectivity index (χ2n) is 7.66. The average Bonchev–Trinajstić information content (AvgIpc) is 3.52. The molecule has 0 saturated carbocycles. The van der Waals surface area contributed by atoms with E-state index in [0.717, 1.165) is 16.9 Å². The number of benzene rings is 1. The van der Waals surface area contributed by atoms with Crippen molar-refractivity contribution in [1.82, 2.24) is 14.6 Å². The monoisotopic (exact) mass is 471 g/mol. The normalized spacial score (nSPS) is 17.7. The van der Waals surface area contributed by atoms with Crippen molar-refractivity contribution in [2.24, 2.45) is 0 Å². The molecule has 1 aliphatic rings. The Balaban J connectivity index is 1.36. The summed E-state index contributed by atoms with van der Waals surface area (Å²) >= 11 is 1.17. The highest BCUT2D eigenvalue weighted by Crippen LogP contribution is 2.29. The van der Waals surface area contributed by atoms with Gasteiger partial charge in [0.15, 0.2) is 0 Å². The molecule has 3 aromatic rings. The number of hydrogen-bond acceptors (Lipinski definition) is 6. The summed E-state index contributed by atoms with van der Waals surface area (Å²) in [6.07, 6.45) is 4.66. The lowest BCUT2D eigenvalue weighted by atomic mass is 10.1. The first-order chi connectivity index (χ1) is 15.4. The number of ether oxygens (including phenoxy) is 1. The van der Waals surface area contributed by atoms with E-state index in [0.29, 0.717) is 26.0 Å². The molecule has 0 aliphatic carbocycles. The molecule has 3 heterocycles. The van der Waals surface area contributed by atoms with E-state index in [1.165, 1.54) is 15.6 Å². The van der Waals surface area contributed by atoms with E-state index < -0.39 is 16.1 Å². The van der Waals surface area contributed by atoms with Crippen molar-refractivity contribution in [2.75, 3.05) is 6.54 Å². The summed E-state index contributed by atoms with van der Waals surface area (Å²) in [5, 5.41) is 4.70. The van der Waals surface area contributed by atoms with Crippen LogP contribution in [-0.2, 0) is 21.4 Å². The molecular formula is C23H25N3O4S2. The summed E-state index contributed by atoms with van der Waals surface area (Å²) in [5.41, 5.74) is 1.90. The Morgan fingerprint density at radius 2 is 2.06 bits per heavy atom. The van der Waals surface area contributed by atoms with E-state index in [-0.39, 0.29) is 16.2 Å². The van der Waals surface area contributed by atoms with Crippen molar-refractivity contribution < 1.29 is 17.9 Å². The third-order valence-electron chi connectivity index (χ3n) is 5.43. The molecule has 2 aromatic heterocycles. The number of carbonyl (C=O) groups is 1. The molecule has 168 valence electrons. The van der Waals surface area contributed by atoms with E-state index in [4.69, 9.17) is 4.74 Å². The molecule has 2 atom stereocenters. The molecule has 0 spiro atoms. The number of hydrogen-bond donors (Lipinski definition) is 1. The molecule has 32 heavy (non-hydrogen) atoms. The summed E-state index contributed by atoms with van der Waals surface area (Å²) in [6.45, 7) is 2.67. The van der Waals surface area contributed by atoms with Crippen LogP contribution in [0.25, 0.3) is 0 Å². The Bertz CT molecular complexity index is 1130. The maximum absolute atomic E-state index is 12.9. The Labute approximate surface area is 192 Å². The smallest absolute Gasteiger partial charge is 0.253 e. The highest BCUT2D eigenvalue weighted by Gasteiger charge is 2.40. The first-order valence-corrected chi connectivity index (χ1v) is 12.7. The molecular weight excluding hydrogens is 446 g/mol. The number of aromatic nitrogens is 1. The van der Waals surface area contributed by atoms with E-state index in [1.54, 1.807) is 29.9 Å². The quantitative estimate of drug-likeness (QED) is 0.541. The second kappa shape index (κ2) is 9.81. The zero-order valence-corrected chi connectivity index (χ0v) is 19.3. The molecule has 7 nitrogen and oxygen atoms in total. The zero-order chi connectivity index (χ0) is 22.6. The third kappa shape index (κ3) is 5.01. The van der Waals surface area contributed by atoms with Crippen LogP contribution in [0.2, 0.25) is 0 Å². The fourth-order valence-electron chi connectivity index (χ4n) is 3.71. The lowest BCUT2D eigenvalue weighted by Crippen LogP contribution is -2.46. The highest BCUT2D eigenvalue weighted by molar-refractivity contribution is 7.91. The maximum atomic E-state index is 12.9. The van der Waals surface area contributed by atoms with Crippen molar-refractivity contribution >= 4 is 27.3 Å². The topological polar surface area (TPSA) is 88.6 Å². The minimum atomic E-state index is -3.65.